The molecule has 5 aromatic rings. The fourth-order valence-corrected chi connectivity index (χ4v) is 4.62. The highest BCUT2D eigenvalue weighted by Crippen LogP contribution is 2.27. The molecule has 6 rings (SSSR count). The molecule has 3 aromatic heterocycles. The zero-order valence-corrected chi connectivity index (χ0v) is 20.9. The average Bonchev–Trinajstić information content (AvgIpc) is 3.45. The summed E-state index contributed by atoms with van der Waals surface area (Å²) in [6, 6.07) is 18.8. The Morgan fingerprint density at radius 1 is 0.973 bits per heavy atom. The third-order valence-electron chi connectivity index (χ3n) is 6.46. The fraction of sp³-hybridized carbons (Fsp3) is 0.185. The molecule has 0 bridgehead atoms. The Hall–Kier alpha value is -4.21. The molecular weight excluding hydrogens is 490 g/mol. The summed E-state index contributed by atoms with van der Waals surface area (Å²) in [6.45, 7) is 4.11. The summed E-state index contributed by atoms with van der Waals surface area (Å²) in [6.07, 6.45) is 3.06. The van der Waals surface area contributed by atoms with Crippen molar-refractivity contribution in [1.29, 1.82) is 0 Å². The molecule has 0 saturated carbocycles. The number of benzene rings is 2. The number of halogens is 1. The predicted octanol–water partition coefficient (Wildman–Crippen LogP) is 4.58. The highest BCUT2D eigenvalue weighted by Gasteiger charge is 2.19. The van der Waals surface area contributed by atoms with Crippen LogP contribution in [-0.2, 0) is 0 Å². The van der Waals surface area contributed by atoms with E-state index in [9.17, 15) is 4.79 Å². The second kappa shape index (κ2) is 9.68. The molecule has 10 heteroatoms. The summed E-state index contributed by atoms with van der Waals surface area (Å²) in [4.78, 5) is 27.2. The molecule has 1 aliphatic heterocycles. The molecule has 0 atom stereocenters. The number of nitrogens with one attached hydrogen (secondary N) is 1. The summed E-state index contributed by atoms with van der Waals surface area (Å²) in [5.74, 6) is 0.830. The molecule has 1 aliphatic rings. The topological polar surface area (TPSA) is 92.3 Å². The van der Waals surface area contributed by atoms with Gasteiger partial charge in [-0.2, -0.15) is 9.78 Å². The lowest BCUT2D eigenvalue weighted by molar-refractivity contribution is 0.313. The first-order valence-electron chi connectivity index (χ1n) is 12.0. The van der Waals surface area contributed by atoms with E-state index in [1.165, 1.54) is 16.6 Å². The van der Waals surface area contributed by atoms with Gasteiger partial charge in [0.1, 0.15) is 5.52 Å². The van der Waals surface area contributed by atoms with Crippen LogP contribution in [0.4, 0.5) is 17.3 Å². The molecule has 0 spiro atoms. The number of rotatable bonds is 5. The van der Waals surface area contributed by atoms with E-state index in [2.05, 4.69) is 49.4 Å². The number of anilines is 3. The SMILES string of the molecule is CN1CCN(c2ccc(Nc3ncc4c(=O)n(-c5ccccc5Cl)nc(-c5ccco5)c4n3)cc2)CC1. The van der Waals surface area contributed by atoms with E-state index < -0.39 is 0 Å². The van der Waals surface area contributed by atoms with Gasteiger partial charge in [0, 0.05) is 43.8 Å². The average molecular weight is 514 g/mol. The zero-order chi connectivity index (χ0) is 25.4. The van der Waals surface area contributed by atoms with Crippen molar-refractivity contribution in [1.82, 2.24) is 24.6 Å². The summed E-state index contributed by atoms with van der Waals surface area (Å²) < 4.78 is 6.88. The van der Waals surface area contributed by atoms with Crippen molar-refractivity contribution in [3.63, 3.8) is 0 Å². The molecule has 4 heterocycles. The first-order chi connectivity index (χ1) is 18.1. The summed E-state index contributed by atoms with van der Waals surface area (Å²) in [5, 5.41) is 8.54. The van der Waals surface area contributed by atoms with Crippen LogP contribution in [0.2, 0.25) is 5.02 Å². The molecule has 0 amide bonds. The van der Waals surface area contributed by atoms with Crippen LogP contribution >= 0.6 is 11.6 Å². The quantitative estimate of drug-likeness (QED) is 0.365. The number of furan rings is 1. The highest BCUT2D eigenvalue weighted by atomic mass is 35.5. The lowest BCUT2D eigenvalue weighted by Gasteiger charge is -2.34. The number of hydrogen-bond acceptors (Lipinski definition) is 8. The molecule has 0 radical (unpaired) electrons. The van der Waals surface area contributed by atoms with Gasteiger partial charge in [0.05, 0.1) is 22.4 Å². The highest BCUT2D eigenvalue weighted by molar-refractivity contribution is 6.32. The van der Waals surface area contributed by atoms with E-state index in [1.54, 1.807) is 42.7 Å². The molecule has 0 unspecified atom stereocenters. The Bertz CT molecular complexity index is 1610. The molecule has 186 valence electrons. The Balaban J connectivity index is 1.37. The van der Waals surface area contributed by atoms with Crippen LogP contribution in [0.1, 0.15) is 0 Å². The summed E-state index contributed by atoms with van der Waals surface area (Å²) >= 11 is 6.37. The molecule has 0 aliphatic carbocycles. The maximum atomic E-state index is 13.4. The van der Waals surface area contributed by atoms with Crippen molar-refractivity contribution in [2.75, 3.05) is 43.4 Å². The van der Waals surface area contributed by atoms with Crippen LogP contribution in [0.25, 0.3) is 28.0 Å². The first kappa shape index (κ1) is 23.2. The maximum absolute atomic E-state index is 13.4. The molecular formula is C27H24ClN7O2. The number of hydrogen-bond donors (Lipinski definition) is 1. The Morgan fingerprint density at radius 3 is 2.49 bits per heavy atom. The van der Waals surface area contributed by atoms with E-state index in [0.29, 0.717) is 39.0 Å². The minimum atomic E-state index is -0.374. The molecule has 1 fully saturated rings. The maximum Gasteiger partial charge on any atom is 0.282 e. The largest absolute Gasteiger partial charge is 0.463 e. The molecule has 2 aromatic carbocycles. The minimum Gasteiger partial charge on any atom is -0.463 e. The van der Waals surface area contributed by atoms with Crippen LogP contribution in [-0.4, -0.2) is 57.9 Å². The van der Waals surface area contributed by atoms with Crippen LogP contribution in [0.5, 0.6) is 0 Å². The van der Waals surface area contributed by atoms with Gasteiger partial charge >= 0.3 is 0 Å². The standard InChI is InChI=1S/C27H24ClN7O2/c1-33-12-14-34(15-13-33)19-10-8-18(9-11-19)30-27-29-17-20-24(31-27)25(23-7-4-16-37-23)32-35(26(20)36)22-6-3-2-5-21(22)28/h2-11,16-17H,12-15H2,1H3,(H,29,30,31). The van der Waals surface area contributed by atoms with Crippen LogP contribution in [0, 0.1) is 0 Å². The predicted molar refractivity (Wildman–Crippen MR) is 145 cm³/mol. The minimum absolute atomic E-state index is 0.303. The second-order valence-electron chi connectivity index (χ2n) is 8.91. The van der Waals surface area contributed by atoms with E-state index in [4.69, 9.17) is 16.0 Å². The Morgan fingerprint density at radius 2 is 1.76 bits per heavy atom. The van der Waals surface area contributed by atoms with Crippen molar-refractivity contribution < 1.29 is 4.42 Å². The van der Waals surface area contributed by atoms with Crippen LogP contribution in [0.3, 0.4) is 0 Å². The third kappa shape index (κ3) is 4.54. The zero-order valence-electron chi connectivity index (χ0n) is 20.1. The van der Waals surface area contributed by atoms with Crippen molar-refractivity contribution in [3.05, 3.63) is 88.5 Å². The number of piperazine rings is 1. The fourth-order valence-electron chi connectivity index (χ4n) is 4.40. The van der Waals surface area contributed by atoms with Gasteiger partial charge in [-0.3, -0.25) is 4.79 Å². The van der Waals surface area contributed by atoms with E-state index in [-0.39, 0.29) is 5.56 Å². The van der Waals surface area contributed by atoms with Gasteiger partial charge in [0.15, 0.2) is 11.5 Å². The number of likely N-dealkylation sites (N-methyl/N-ethyl adjacent to an activating group) is 1. The second-order valence-corrected chi connectivity index (χ2v) is 9.32. The Labute approximate surface area is 217 Å². The van der Waals surface area contributed by atoms with Crippen molar-refractivity contribution in [3.8, 4) is 17.1 Å². The third-order valence-corrected chi connectivity index (χ3v) is 6.78. The number of aromatic nitrogens is 4. The molecule has 9 nitrogen and oxygen atoms in total. The van der Waals surface area contributed by atoms with Crippen molar-refractivity contribution in [2.24, 2.45) is 0 Å². The lowest BCUT2D eigenvalue weighted by Crippen LogP contribution is -2.44. The van der Waals surface area contributed by atoms with Gasteiger partial charge in [-0.1, -0.05) is 23.7 Å². The normalized spacial score (nSPS) is 14.3. The van der Waals surface area contributed by atoms with Gasteiger partial charge in [-0.05, 0) is 55.6 Å². The Kier molecular flexibility index (Phi) is 6.07. The summed E-state index contributed by atoms with van der Waals surface area (Å²) in [7, 11) is 2.15. The number of fused-ring (bicyclic) bond motifs is 1. The van der Waals surface area contributed by atoms with Gasteiger partial charge in [-0.25, -0.2) is 9.97 Å². The van der Waals surface area contributed by atoms with Gasteiger partial charge in [-0.15, -0.1) is 0 Å². The number of para-hydroxylation sites is 1. The first-order valence-corrected chi connectivity index (χ1v) is 12.3. The summed E-state index contributed by atoms with van der Waals surface area (Å²) in [5.41, 5.74) is 2.91. The van der Waals surface area contributed by atoms with Crippen molar-refractivity contribution in [2.45, 2.75) is 0 Å². The van der Waals surface area contributed by atoms with E-state index in [0.717, 1.165) is 31.9 Å². The smallest absolute Gasteiger partial charge is 0.282 e. The van der Waals surface area contributed by atoms with Crippen molar-refractivity contribution >= 4 is 39.8 Å². The van der Waals surface area contributed by atoms with Gasteiger partial charge < -0.3 is 19.5 Å². The monoisotopic (exact) mass is 513 g/mol. The van der Waals surface area contributed by atoms with Crippen LogP contribution in [0.15, 0.2) is 82.3 Å². The number of nitrogens with zero attached hydrogens (tertiary/aromatic N) is 6. The molecule has 37 heavy (non-hydrogen) atoms. The van der Waals surface area contributed by atoms with Gasteiger partial charge in [0.25, 0.3) is 5.56 Å². The van der Waals surface area contributed by atoms with E-state index in [1.807, 2.05) is 12.1 Å². The van der Waals surface area contributed by atoms with Gasteiger partial charge in [0.2, 0.25) is 5.95 Å². The lowest BCUT2D eigenvalue weighted by atomic mass is 10.2. The molecule has 1 saturated heterocycles. The van der Waals surface area contributed by atoms with Crippen LogP contribution < -0.4 is 15.8 Å². The molecule has 1 N–H and O–H groups in total. The van der Waals surface area contributed by atoms with E-state index >= 15 is 0 Å².